The molecule has 0 fully saturated rings. The molecule has 0 aliphatic rings. The molecule has 2 aromatic rings. The van der Waals surface area contributed by atoms with Crippen LogP contribution in [-0.2, 0) is 0 Å². The Bertz CT molecular complexity index is 454. The summed E-state index contributed by atoms with van der Waals surface area (Å²) in [5.41, 5.74) is 1.26. The van der Waals surface area contributed by atoms with Crippen LogP contribution in [0, 0.1) is 5.82 Å². The third-order valence-corrected chi connectivity index (χ3v) is 2.73. The van der Waals surface area contributed by atoms with E-state index in [-0.39, 0.29) is 5.82 Å². The Morgan fingerprint density at radius 2 is 2.07 bits per heavy atom. The lowest BCUT2D eigenvalue weighted by atomic mass is 10.0. The lowest BCUT2D eigenvalue weighted by molar-refractivity contribution is 0.219. The van der Waals surface area contributed by atoms with E-state index in [2.05, 4.69) is 15.9 Å². The zero-order chi connectivity index (χ0) is 10.8. The molecule has 1 N–H and O–H groups in total. The Morgan fingerprint density at radius 3 is 2.67 bits per heavy atom. The number of aliphatic hydroxyl groups excluding tert-OH is 1. The third-order valence-electron chi connectivity index (χ3n) is 2.12. The number of hydrogen-bond donors (Lipinski definition) is 1. The lowest BCUT2D eigenvalue weighted by Crippen LogP contribution is -1.98. The number of rotatable bonds is 2. The van der Waals surface area contributed by atoms with Crippen molar-refractivity contribution in [2.24, 2.45) is 0 Å². The Labute approximate surface area is 94.5 Å². The maximum Gasteiger partial charge on any atom is 0.137 e. The second-order valence-corrected chi connectivity index (χ2v) is 3.99. The van der Waals surface area contributed by atoms with Crippen molar-refractivity contribution in [2.75, 3.05) is 0 Å². The third kappa shape index (κ3) is 2.11. The first kappa shape index (κ1) is 10.4. The van der Waals surface area contributed by atoms with Gasteiger partial charge in [0.05, 0.1) is 17.0 Å². The zero-order valence-electron chi connectivity index (χ0n) is 7.65. The molecular formula is C11H8BrFO2. The maximum absolute atomic E-state index is 13.0. The molecule has 78 valence electrons. The Balaban J connectivity index is 2.34. The molecule has 2 nitrogen and oxygen atoms in total. The molecule has 1 aromatic heterocycles. The van der Waals surface area contributed by atoms with E-state index in [0.717, 1.165) is 0 Å². The quantitative estimate of drug-likeness (QED) is 0.909. The molecule has 0 bridgehead atoms. The monoisotopic (exact) mass is 270 g/mol. The number of halogens is 2. The summed E-state index contributed by atoms with van der Waals surface area (Å²) in [5, 5.41) is 9.89. The fourth-order valence-electron chi connectivity index (χ4n) is 1.31. The molecular weight excluding hydrogens is 263 g/mol. The molecule has 1 unspecified atom stereocenters. The smallest absolute Gasteiger partial charge is 0.137 e. The number of hydrogen-bond acceptors (Lipinski definition) is 2. The van der Waals surface area contributed by atoms with Crippen molar-refractivity contribution in [3.63, 3.8) is 0 Å². The molecule has 0 aliphatic carbocycles. The minimum atomic E-state index is -0.791. The van der Waals surface area contributed by atoms with E-state index in [4.69, 9.17) is 4.42 Å². The van der Waals surface area contributed by atoms with Crippen LogP contribution in [0.5, 0.6) is 0 Å². The largest absolute Gasteiger partial charge is 0.472 e. The van der Waals surface area contributed by atoms with E-state index in [0.29, 0.717) is 15.6 Å². The van der Waals surface area contributed by atoms with Crippen molar-refractivity contribution in [3.8, 4) is 0 Å². The maximum atomic E-state index is 13.0. The van der Waals surface area contributed by atoms with Gasteiger partial charge >= 0.3 is 0 Å². The van der Waals surface area contributed by atoms with Crippen LogP contribution < -0.4 is 0 Å². The zero-order valence-corrected chi connectivity index (χ0v) is 9.24. The average molecular weight is 271 g/mol. The highest BCUT2D eigenvalue weighted by Gasteiger charge is 2.12. The molecule has 2 rings (SSSR count). The van der Waals surface area contributed by atoms with Gasteiger partial charge in [0.1, 0.15) is 11.9 Å². The molecule has 1 atom stereocenters. The van der Waals surface area contributed by atoms with Crippen LogP contribution in [0.3, 0.4) is 0 Å². The van der Waals surface area contributed by atoms with Crippen LogP contribution in [-0.4, -0.2) is 5.11 Å². The van der Waals surface area contributed by atoms with Gasteiger partial charge in [-0.1, -0.05) is 6.07 Å². The SMILES string of the molecule is OC(c1ccoc1)c1ccc(F)c(Br)c1. The summed E-state index contributed by atoms with van der Waals surface area (Å²) in [6.07, 6.45) is 2.15. The van der Waals surface area contributed by atoms with Crippen molar-refractivity contribution in [2.45, 2.75) is 6.10 Å². The van der Waals surface area contributed by atoms with E-state index in [1.165, 1.54) is 24.7 Å². The van der Waals surface area contributed by atoms with E-state index in [9.17, 15) is 9.50 Å². The standard InChI is InChI=1S/C11H8BrFO2/c12-9-5-7(1-2-10(9)13)11(14)8-3-4-15-6-8/h1-6,11,14H. The topological polar surface area (TPSA) is 33.4 Å². The molecule has 15 heavy (non-hydrogen) atoms. The first-order valence-electron chi connectivity index (χ1n) is 4.33. The van der Waals surface area contributed by atoms with E-state index in [1.807, 2.05) is 0 Å². The van der Waals surface area contributed by atoms with Crippen molar-refractivity contribution in [1.82, 2.24) is 0 Å². The van der Waals surface area contributed by atoms with Crippen molar-refractivity contribution >= 4 is 15.9 Å². The lowest BCUT2D eigenvalue weighted by Gasteiger charge is -2.09. The summed E-state index contributed by atoms with van der Waals surface area (Å²) in [6.45, 7) is 0. The minimum Gasteiger partial charge on any atom is -0.472 e. The van der Waals surface area contributed by atoms with Crippen LogP contribution >= 0.6 is 15.9 Å². The highest BCUT2D eigenvalue weighted by atomic mass is 79.9. The fraction of sp³-hybridized carbons (Fsp3) is 0.0909. The van der Waals surface area contributed by atoms with E-state index >= 15 is 0 Å². The molecule has 1 aromatic carbocycles. The van der Waals surface area contributed by atoms with Gasteiger partial charge in [-0.2, -0.15) is 0 Å². The molecule has 0 amide bonds. The van der Waals surface area contributed by atoms with Gasteiger partial charge in [-0.15, -0.1) is 0 Å². The predicted molar refractivity (Wildman–Crippen MR) is 56.9 cm³/mol. The summed E-state index contributed by atoms with van der Waals surface area (Å²) in [7, 11) is 0. The molecule has 0 aliphatic heterocycles. The average Bonchev–Trinajstić information content (AvgIpc) is 2.74. The van der Waals surface area contributed by atoms with E-state index < -0.39 is 6.10 Å². The Morgan fingerprint density at radius 1 is 1.27 bits per heavy atom. The van der Waals surface area contributed by atoms with Crippen LogP contribution in [0.4, 0.5) is 4.39 Å². The number of aliphatic hydroxyl groups is 1. The van der Waals surface area contributed by atoms with Crippen molar-refractivity contribution < 1.29 is 13.9 Å². The van der Waals surface area contributed by atoms with Crippen LogP contribution in [0.1, 0.15) is 17.2 Å². The van der Waals surface area contributed by atoms with Crippen LogP contribution in [0.15, 0.2) is 45.7 Å². The van der Waals surface area contributed by atoms with Crippen LogP contribution in [0.25, 0.3) is 0 Å². The van der Waals surface area contributed by atoms with Gasteiger partial charge in [-0.25, -0.2) is 4.39 Å². The Hall–Kier alpha value is -1.13. The van der Waals surface area contributed by atoms with Crippen molar-refractivity contribution in [3.05, 3.63) is 58.2 Å². The van der Waals surface area contributed by atoms with Gasteiger partial charge in [-0.3, -0.25) is 0 Å². The van der Waals surface area contributed by atoms with Gasteiger partial charge in [0, 0.05) is 5.56 Å². The minimum absolute atomic E-state index is 0.336. The van der Waals surface area contributed by atoms with Gasteiger partial charge in [0.2, 0.25) is 0 Å². The summed E-state index contributed by atoms with van der Waals surface area (Å²) in [4.78, 5) is 0. The molecule has 1 heterocycles. The normalized spacial score (nSPS) is 12.7. The van der Waals surface area contributed by atoms with Gasteiger partial charge in [-0.05, 0) is 39.7 Å². The molecule has 0 saturated carbocycles. The summed E-state index contributed by atoms with van der Waals surface area (Å²) in [5.74, 6) is -0.349. The number of furan rings is 1. The molecule has 0 radical (unpaired) electrons. The Kier molecular flexibility index (Phi) is 2.88. The predicted octanol–water partition coefficient (Wildman–Crippen LogP) is 3.26. The van der Waals surface area contributed by atoms with E-state index in [1.54, 1.807) is 12.1 Å². The number of benzene rings is 1. The summed E-state index contributed by atoms with van der Waals surface area (Å²) < 4.78 is 18.2. The van der Waals surface area contributed by atoms with Crippen LogP contribution in [0.2, 0.25) is 0 Å². The highest BCUT2D eigenvalue weighted by Crippen LogP contribution is 2.26. The first-order chi connectivity index (χ1) is 7.18. The second-order valence-electron chi connectivity index (χ2n) is 3.13. The van der Waals surface area contributed by atoms with Gasteiger partial charge < -0.3 is 9.52 Å². The molecule has 0 saturated heterocycles. The second kappa shape index (κ2) is 4.16. The van der Waals surface area contributed by atoms with Gasteiger partial charge in [0.15, 0.2) is 0 Å². The summed E-state index contributed by atoms with van der Waals surface area (Å²) in [6, 6.07) is 6.06. The highest BCUT2D eigenvalue weighted by molar-refractivity contribution is 9.10. The van der Waals surface area contributed by atoms with Gasteiger partial charge in [0.25, 0.3) is 0 Å². The fourth-order valence-corrected chi connectivity index (χ4v) is 1.70. The summed E-state index contributed by atoms with van der Waals surface area (Å²) >= 11 is 3.07. The molecule has 4 heteroatoms. The van der Waals surface area contributed by atoms with Crippen molar-refractivity contribution in [1.29, 1.82) is 0 Å². The first-order valence-corrected chi connectivity index (χ1v) is 5.13. The molecule has 0 spiro atoms.